The summed E-state index contributed by atoms with van der Waals surface area (Å²) in [7, 11) is 0. The van der Waals surface area contributed by atoms with Gasteiger partial charge in [0.05, 0.1) is 5.56 Å². The minimum absolute atomic E-state index is 0.0132. The maximum Gasteiger partial charge on any atom is 0.245 e. The van der Waals surface area contributed by atoms with Gasteiger partial charge in [-0.15, -0.1) is 0 Å². The Morgan fingerprint density at radius 2 is 1.93 bits per heavy atom. The number of benzene rings is 1. The highest BCUT2D eigenvalue weighted by molar-refractivity contribution is 7.18. The SMILES string of the molecule is C=CC(=O)N1CCC(Nc2nc(N)c(C(=O)c3c(F)cccc3F)s2)CC1. The maximum absolute atomic E-state index is 13.9. The van der Waals surface area contributed by atoms with Gasteiger partial charge in [-0.1, -0.05) is 24.0 Å². The monoisotopic (exact) mass is 392 g/mol. The second-order valence-corrected chi connectivity index (χ2v) is 7.11. The molecule has 27 heavy (non-hydrogen) atoms. The van der Waals surface area contributed by atoms with Crippen LogP contribution in [-0.2, 0) is 4.79 Å². The van der Waals surface area contributed by atoms with Crippen LogP contribution in [0.2, 0.25) is 0 Å². The van der Waals surface area contributed by atoms with Crippen LogP contribution in [0.1, 0.15) is 28.1 Å². The van der Waals surface area contributed by atoms with E-state index >= 15 is 0 Å². The quantitative estimate of drug-likeness (QED) is 0.603. The topological polar surface area (TPSA) is 88.3 Å². The molecule has 2 heterocycles. The van der Waals surface area contributed by atoms with Gasteiger partial charge in [0, 0.05) is 19.1 Å². The highest BCUT2D eigenvalue weighted by atomic mass is 32.1. The van der Waals surface area contributed by atoms with Crippen LogP contribution >= 0.6 is 11.3 Å². The number of piperidine rings is 1. The Bertz CT molecular complexity index is 871. The van der Waals surface area contributed by atoms with Gasteiger partial charge in [-0.3, -0.25) is 9.59 Å². The Labute approximate surface area is 158 Å². The molecule has 1 aliphatic rings. The van der Waals surface area contributed by atoms with Gasteiger partial charge in [0.2, 0.25) is 11.7 Å². The number of carbonyl (C=O) groups is 2. The van der Waals surface area contributed by atoms with Crippen LogP contribution in [0, 0.1) is 11.6 Å². The van der Waals surface area contributed by atoms with Crippen LogP contribution < -0.4 is 11.1 Å². The third kappa shape index (κ3) is 3.97. The second-order valence-electron chi connectivity index (χ2n) is 6.11. The van der Waals surface area contributed by atoms with E-state index in [2.05, 4.69) is 16.9 Å². The molecule has 1 aliphatic heterocycles. The molecule has 1 aromatic carbocycles. The Kier molecular flexibility index (Phi) is 5.50. The van der Waals surface area contributed by atoms with E-state index in [1.807, 2.05) is 0 Å². The van der Waals surface area contributed by atoms with Gasteiger partial charge in [-0.2, -0.15) is 0 Å². The van der Waals surface area contributed by atoms with Gasteiger partial charge in [-0.05, 0) is 31.1 Å². The number of thiazole rings is 1. The standard InChI is InChI=1S/C18H18F2N4O2S/c1-2-13(25)24-8-6-10(7-9-24)22-18-23-17(21)16(27-18)15(26)14-11(19)4-3-5-12(14)20/h2-5,10H,1,6-9,21H2,(H,22,23). The van der Waals surface area contributed by atoms with Crippen molar-refractivity contribution in [3.63, 3.8) is 0 Å². The lowest BCUT2D eigenvalue weighted by molar-refractivity contribution is -0.126. The summed E-state index contributed by atoms with van der Waals surface area (Å²) < 4.78 is 27.7. The Balaban J connectivity index is 1.71. The first-order valence-electron chi connectivity index (χ1n) is 8.33. The van der Waals surface area contributed by atoms with E-state index < -0.39 is 23.0 Å². The first kappa shape index (κ1) is 19.0. The smallest absolute Gasteiger partial charge is 0.245 e. The molecule has 3 N–H and O–H groups in total. The molecule has 2 aromatic rings. The number of likely N-dealkylation sites (tertiary alicyclic amines) is 1. The molecule has 0 atom stereocenters. The number of anilines is 2. The maximum atomic E-state index is 13.9. The van der Waals surface area contributed by atoms with Crippen LogP contribution in [0.5, 0.6) is 0 Å². The van der Waals surface area contributed by atoms with E-state index in [-0.39, 0.29) is 22.6 Å². The third-order valence-electron chi connectivity index (χ3n) is 4.36. The zero-order valence-electron chi connectivity index (χ0n) is 14.4. The second kappa shape index (κ2) is 7.83. The largest absolute Gasteiger partial charge is 0.382 e. The van der Waals surface area contributed by atoms with E-state index in [0.717, 1.165) is 23.5 Å². The van der Waals surface area contributed by atoms with Crippen molar-refractivity contribution >= 4 is 34.0 Å². The van der Waals surface area contributed by atoms with E-state index in [9.17, 15) is 18.4 Å². The highest BCUT2D eigenvalue weighted by Crippen LogP contribution is 2.30. The lowest BCUT2D eigenvalue weighted by Gasteiger charge is -2.31. The Morgan fingerprint density at radius 3 is 2.52 bits per heavy atom. The number of halogens is 2. The van der Waals surface area contributed by atoms with Crippen molar-refractivity contribution in [3.8, 4) is 0 Å². The lowest BCUT2D eigenvalue weighted by atomic mass is 10.1. The number of rotatable bonds is 5. The van der Waals surface area contributed by atoms with Crippen molar-refractivity contribution in [2.45, 2.75) is 18.9 Å². The summed E-state index contributed by atoms with van der Waals surface area (Å²) in [5.41, 5.74) is 5.15. The Morgan fingerprint density at radius 1 is 1.30 bits per heavy atom. The number of nitrogens with two attached hydrogens (primary N) is 1. The number of ketones is 1. The van der Waals surface area contributed by atoms with E-state index in [4.69, 9.17) is 5.73 Å². The molecule has 9 heteroatoms. The van der Waals surface area contributed by atoms with Crippen molar-refractivity contribution < 1.29 is 18.4 Å². The summed E-state index contributed by atoms with van der Waals surface area (Å²) in [5, 5.41) is 3.58. The van der Waals surface area contributed by atoms with Crippen LogP contribution in [0.25, 0.3) is 0 Å². The van der Waals surface area contributed by atoms with Gasteiger partial charge < -0.3 is 16.0 Å². The number of hydrogen-bond acceptors (Lipinski definition) is 6. The van der Waals surface area contributed by atoms with Gasteiger partial charge in [0.1, 0.15) is 22.3 Å². The average molecular weight is 392 g/mol. The van der Waals surface area contributed by atoms with E-state index in [1.54, 1.807) is 4.90 Å². The number of aromatic nitrogens is 1. The number of nitrogens with zero attached hydrogens (tertiary/aromatic N) is 2. The molecule has 0 spiro atoms. The fourth-order valence-corrected chi connectivity index (χ4v) is 3.84. The molecule has 0 bridgehead atoms. The minimum Gasteiger partial charge on any atom is -0.382 e. The van der Waals surface area contributed by atoms with Crippen LogP contribution in [0.3, 0.4) is 0 Å². The molecule has 1 saturated heterocycles. The molecular formula is C18H18F2N4O2S. The highest BCUT2D eigenvalue weighted by Gasteiger charge is 2.26. The number of nitrogen functional groups attached to an aromatic ring is 1. The summed E-state index contributed by atoms with van der Waals surface area (Å²) in [6.07, 6.45) is 2.68. The van der Waals surface area contributed by atoms with Crippen molar-refractivity contribution in [2.24, 2.45) is 0 Å². The predicted octanol–water partition coefficient (Wildman–Crippen LogP) is 2.82. The van der Waals surface area contributed by atoms with Crippen molar-refractivity contribution in [1.29, 1.82) is 0 Å². The van der Waals surface area contributed by atoms with Gasteiger partial charge >= 0.3 is 0 Å². The van der Waals surface area contributed by atoms with Crippen molar-refractivity contribution in [1.82, 2.24) is 9.88 Å². The molecule has 1 fully saturated rings. The van der Waals surface area contributed by atoms with E-state index in [0.29, 0.717) is 31.1 Å². The molecule has 6 nitrogen and oxygen atoms in total. The van der Waals surface area contributed by atoms with Gasteiger partial charge in [-0.25, -0.2) is 13.8 Å². The van der Waals surface area contributed by atoms with Crippen LogP contribution in [0.4, 0.5) is 19.7 Å². The summed E-state index contributed by atoms with van der Waals surface area (Å²) in [4.78, 5) is 29.9. The molecule has 1 amide bonds. The van der Waals surface area contributed by atoms with Crippen LogP contribution in [0.15, 0.2) is 30.9 Å². The number of hydrogen-bond donors (Lipinski definition) is 2. The summed E-state index contributed by atoms with van der Waals surface area (Å²) in [6, 6.07) is 3.28. The molecule has 142 valence electrons. The fraction of sp³-hybridized carbons (Fsp3) is 0.278. The Hall–Kier alpha value is -2.81. The van der Waals surface area contributed by atoms with Gasteiger partial charge in [0.25, 0.3) is 0 Å². The third-order valence-corrected chi connectivity index (χ3v) is 5.36. The number of nitrogens with one attached hydrogen (secondary N) is 1. The van der Waals surface area contributed by atoms with E-state index in [1.165, 1.54) is 12.1 Å². The zero-order valence-corrected chi connectivity index (χ0v) is 15.2. The summed E-state index contributed by atoms with van der Waals surface area (Å²) >= 11 is 0.958. The predicted molar refractivity (Wildman–Crippen MR) is 99.7 cm³/mol. The molecule has 0 unspecified atom stereocenters. The fourth-order valence-electron chi connectivity index (χ4n) is 2.93. The number of carbonyl (C=O) groups excluding carboxylic acids is 2. The minimum atomic E-state index is -0.943. The molecule has 0 aliphatic carbocycles. The first-order valence-corrected chi connectivity index (χ1v) is 9.15. The van der Waals surface area contributed by atoms with Crippen molar-refractivity contribution in [2.75, 3.05) is 24.1 Å². The average Bonchev–Trinajstić information content (AvgIpc) is 3.01. The zero-order chi connectivity index (χ0) is 19.6. The van der Waals surface area contributed by atoms with Crippen molar-refractivity contribution in [3.05, 3.63) is 52.9 Å². The molecule has 0 radical (unpaired) electrons. The van der Waals surface area contributed by atoms with Gasteiger partial charge in [0.15, 0.2) is 5.13 Å². The lowest BCUT2D eigenvalue weighted by Crippen LogP contribution is -2.41. The molecule has 0 saturated carbocycles. The first-order chi connectivity index (χ1) is 12.9. The summed E-state index contributed by atoms with van der Waals surface area (Å²) in [6.45, 7) is 4.63. The number of amides is 1. The molecular weight excluding hydrogens is 374 g/mol. The van der Waals surface area contributed by atoms with Crippen LogP contribution in [-0.4, -0.2) is 40.7 Å². The normalized spacial score (nSPS) is 14.8. The molecule has 1 aromatic heterocycles. The molecule has 3 rings (SSSR count). The summed E-state index contributed by atoms with van der Waals surface area (Å²) in [5.74, 6) is -2.90.